The standard InChI is InChI=1S/C12H14N2O2/c13-10-3-1-9(2-4-10)7-8-14-11(15)5-6-12(14)16/h1-4H,5-8,13H2. The Kier molecular flexibility index (Phi) is 2.90. The van der Waals surface area contributed by atoms with E-state index < -0.39 is 0 Å². The molecule has 4 nitrogen and oxygen atoms in total. The highest BCUT2D eigenvalue weighted by Crippen LogP contribution is 2.13. The van der Waals surface area contributed by atoms with Gasteiger partial charge in [0.2, 0.25) is 11.8 Å². The summed E-state index contributed by atoms with van der Waals surface area (Å²) in [5.41, 5.74) is 7.37. The van der Waals surface area contributed by atoms with Crippen LogP contribution in [-0.4, -0.2) is 23.3 Å². The summed E-state index contributed by atoms with van der Waals surface area (Å²) in [7, 11) is 0. The van der Waals surface area contributed by atoms with Crippen molar-refractivity contribution in [3.05, 3.63) is 29.8 Å². The zero-order valence-corrected chi connectivity index (χ0v) is 8.98. The molecule has 0 saturated carbocycles. The largest absolute Gasteiger partial charge is 0.399 e. The smallest absolute Gasteiger partial charge is 0.229 e. The lowest BCUT2D eigenvalue weighted by atomic mass is 10.1. The molecular weight excluding hydrogens is 204 g/mol. The summed E-state index contributed by atoms with van der Waals surface area (Å²) in [6.07, 6.45) is 1.42. The lowest BCUT2D eigenvalue weighted by Gasteiger charge is -2.13. The summed E-state index contributed by atoms with van der Waals surface area (Å²) in [6.45, 7) is 0.474. The molecule has 1 saturated heterocycles. The summed E-state index contributed by atoms with van der Waals surface area (Å²) in [6, 6.07) is 7.48. The zero-order valence-electron chi connectivity index (χ0n) is 8.98. The quantitative estimate of drug-likeness (QED) is 0.607. The van der Waals surface area contributed by atoms with Gasteiger partial charge in [-0.1, -0.05) is 12.1 Å². The molecule has 2 amide bonds. The summed E-state index contributed by atoms with van der Waals surface area (Å²) >= 11 is 0. The molecule has 16 heavy (non-hydrogen) atoms. The van der Waals surface area contributed by atoms with Crippen molar-refractivity contribution in [2.75, 3.05) is 12.3 Å². The fourth-order valence-electron chi connectivity index (χ4n) is 1.80. The second-order valence-corrected chi connectivity index (χ2v) is 3.93. The normalized spacial score (nSPS) is 15.9. The lowest BCUT2D eigenvalue weighted by Crippen LogP contribution is -2.31. The first kappa shape index (κ1) is 10.7. The third-order valence-electron chi connectivity index (χ3n) is 2.76. The van der Waals surface area contributed by atoms with Gasteiger partial charge in [-0.2, -0.15) is 0 Å². The van der Waals surface area contributed by atoms with Crippen LogP contribution in [0.2, 0.25) is 0 Å². The van der Waals surface area contributed by atoms with Crippen molar-refractivity contribution in [2.45, 2.75) is 19.3 Å². The van der Waals surface area contributed by atoms with Crippen molar-refractivity contribution in [1.82, 2.24) is 4.90 Å². The molecule has 0 unspecified atom stereocenters. The number of rotatable bonds is 3. The number of hydrogen-bond donors (Lipinski definition) is 1. The molecule has 1 fully saturated rings. The number of nitrogens with zero attached hydrogens (tertiary/aromatic N) is 1. The predicted molar refractivity (Wildman–Crippen MR) is 60.5 cm³/mol. The Hall–Kier alpha value is -1.84. The second kappa shape index (κ2) is 4.35. The Morgan fingerprint density at radius 1 is 1.06 bits per heavy atom. The number of carbonyl (C=O) groups excluding carboxylic acids is 2. The maximum atomic E-state index is 11.3. The van der Waals surface area contributed by atoms with E-state index in [9.17, 15) is 9.59 Å². The van der Waals surface area contributed by atoms with Gasteiger partial charge in [-0.25, -0.2) is 0 Å². The van der Waals surface area contributed by atoms with Gasteiger partial charge < -0.3 is 5.73 Å². The molecular formula is C12H14N2O2. The van der Waals surface area contributed by atoms with Crippen LogP contribution in [0.25, 0.3) is 0 Å². The molecule has 1 heterocycles. The summed E-state index contributed by atoms with van der Waals surface area (Å²) in [5.74, 6) is -0.110. The first-order valence-electron chi connectivity index (χ1n) is 5.34. The van der Waals surface area contributed by atoms with E-state index in [-0.39, 0.29) is 11.8 Å². The minimum Gasteiger partial charge on any atom is -0.399 e. The van der Waals surface area contributed by atoms with Gasteiger partial charge in [-0.3, -0.25) is 14.5 Å². The molecule has 0 spiro atoms. The lowest BCUT2D eigenvalue weighted by molar-refractivity contribution is -0.138. The zero-order chi connectivity index (χ0) is 11.5. The Balaban J connectivity index is 1.94. The molecule has 84 valence electrons. The molecule has 1 aliphatic rings. The van der Waals surface area contributed by atoms with E-state index in [0.717, 1.165) is 11.3 Å². The van der Waals surface area contributed by atoms with Crippen molar-refractivity contribution in [3.63, 3.8) is 0 Å². The monoisotopic (exact) mass is 218 g/mol. The fourth-order valence-corrected chi connectivity index (χ4v) is 1.80. The van der Waals surface area contributed by atoms with Crippen molar-refractivity contribution >= 4 is 17.5 Å². The van der Waals surface area contributed by atoms with E-state index in [0.29, 0.717) is 25.8 Å². The Bertz CT molecular complexity index is 396. The summed E-state index contributed by atoms with van der Waals surface area (Å²) in [4.78, 5) is 24.0. The molecule has 1 aromatic rings. The van der Waals surface area contributed by atoms with Crippen LogP contribution in [0.4, 0.5) is 5.69 Å². The average molecular weight is 218 g/mol. The van der Waals surface area contributed by atoms with E-state index in [1.165, 1.54) is 4.90 Å². The maximum Gasteiger partial charge on any atom is 0.229 e. The highest BCUT2D eigenvalue weighted by molar-refractivity contribution is 6.01. The van der Waals surface area contributed by atoms with Gasteiger partial charge in [0.15, 0.2) is 0 Å². The van der Waals surface area contributed by atoms with Gasteiger partial charge in [-0.05, 0) is 24.1 Å². The van der Waals surface area contributed by atoms with Gasteiger partial charge in [-0.15, -0.1) is 0 Å². The van der Waals surface area contributed by atoms with Gasteiger partial charge in [0.1, 0.15) is 0 Å². The first-order chi connectivity index (χ1) is 7.66. The van der Waals surface area contributed by atoms with Crippen LogP contribution in [0, 0.1) is 0 Å². The Labute approximate surface area is 94.0 Å². The minimum absolute atomic E-state index is 0.0551. The minimum atomic E-state index is -0.0551. The predicted octanol–water partition coefficient (Wildman–Crippen LogP) is 0.960. The third kappa shape index (κ3) is 2.21. The Morgan fingerprint density at radius 3 is 2.19 bits per heavy atom. The number of nitrogens with two attached hydrogens (primary N) is 1. The molecule has 0 aromatic heterocycles. The van der Waals surface area contributed by atoms with E-state index in [1.807, 2.05) is 24.3 Å². The van der Waals surface area contributed by atoms with Crippen LogP contribution < -0.4 is 5.73 Å². The second-order valence-electron chi connectivity index (χ2n) is 3.93. The maximum absolute atomic E-state index is 11.3. The van der Waals surface area contributed by atoms with E-state index in [2.05, 4.69) is 0 Å². The average Bonchev–Trinajstić information content (AvgIpc) is 2.59. The number of anilines is 1. The van der Waals surface area contributed by atoms with Crippen molar-refractivity contribution in [3.8, 4) is 0 Å². The van der Waals surface area contributed by atoms with E-state index >= 15 is 0 Å². The molecule has 0 radical (unpaired) electrons. The van der Waals surface area contributed by atoms with Crippen LogP contribution in [0.15, 0.2) is 24.3 Å². The Morgan fingerprint density at radius 2 is 1.62 bits per heavy atom. The molecule has 0 atom stereocenters. The molecule has 2 N–H and O–H groups in total. The number of likely N-dealkylation sites (tertiary alicyclic amines) is 1. The van der Waals surface area contributed by atoms with Gasteiger partial charge in [0, 0.05) is 25.1 Å². The number of hydrogen-bond acceptors (Lipinski definition) is 3. The topological polar surface area (TPSA) is 63.4 Å². The number of imide groups is 1. The van der Waals surface area contributed by atoms with Crippen LogP contribution in [-0.2, 0) is 16.0 Å². The highest BCUT2D eigenvalue weighted by atomic mass is 16.2. The fraction of sp³-hybridized carbons (Fsp3) is 0.333. The highest BCUT2D eigenvalue weighted by Gasteiger charge is 2.27. The SMILES string of the molecule is Nc1ccc(CCN2C(=O)CCC2=O)cc1. The van der Waals surface area contributed by atoms with Crippen molar-refractivity contribution < 1.29 is 9.59 Å². The van der Waals surface area contributed by atoms with Crippen LogP contribution in [0.1, 0.15) is 18.4 Å². The summed E-state index contributed by atoms with van der Waals surface area (Å²) < 4.78 is 0. The molecule has 0 bridgehead atoms. The first-order valence-corrected chi connectivity index (χ1v) is 5.34. The van der Waals surface area contributed by atoms with E-state index in [1.54, 1.807) is 0 Å². The molecule has 2 rings (SSSR count). The third-order valence-corrected chi connectivity index (χ3v) is 2.76. The molecule has 1 aromatic carbocycles. The van der Waals surface area contributed by atoms with Crippen LogP contribution >= 0.6 is 0 Å². The molecule has 4 heteroatoms. The van der Waals surface area contributed by atoms with E-state index in [4.69, 9.17) is 5.73 Å². The molecule has 0 aliphatic carbocycles. The van der Waals surface area contributed by atoms with Gasteiger partial charge in [0.25, 0.3) is 0 Å². The van der Waals surface area contributed by atoms with Crippen LogP contribution in [0.5, 0.6) is 0 Å². The van der Waals surface area contributed by atoms with Crippen molar-refractivity contribution in [2.24, 2.45) is 0 Å². The number of benzene rings is 1. The van der Waals surface area contributed by atoms with Crippen LogP contribution in [0.3, 0.4) is 0 Å². The number of amides is 2. The van der Waals surface area contributed by atoms with Crippen molar-refractivity contribution in [1.29, 1.82) is 0 Å². The van der Waals surface area contributed by atoms with Gasteiger partial charge in [0.05, 0.1) is 0 Å². The number of carbonyl (C=O) groups is 2. The summed E-state index contributed by atoms with van der Waals surface area (Å²) in [5, 5.41) is 0. The number of nitrogen functional groups attached to an aromatic ring is 1. The molecule has 1 aliphatic heterocycles. The van der Waals surface area contributed by atoms with Gasteiger partial charge >= 0.3 is 0 Å².